The number of hydrogen-bond acceptors (Lipinski definition) is 5. The molecule has 2 heterocycles. The van der Waals surface area contributed by atoms with Crippen LogP contribution in [0.5, 0.6) is 0 Å². The maximum Gasteiger partial charge on any atom is 0.151 e. The molecule has 0 unspecified atom stereocenters. The van der Waals surface area contributed by atoms with Crippen molar-refractivity contribution in [3.63, 3.8) is 0 Å². The molecule has 0 spiro atoms. The van der Waals surface area contributed by atoms with Crippen molar-refractivity contribution in [2.24, 2.45) is 5.73 Å². The smallest absolute Gasteiger partial charge is 0.151 e. The van der Waals surface area contributed by atoms with Crippen molar-refractivity contribution >= 4 is 34.4 Å². The zero-order chi connectivity index (χ0) is 14.1. The number of benzene rings is 1. The van der Waals surface area contributed by atoms with Crippen molar-refractivity contribution < 1.29 is 0 Å². The third-order valence-electron chi connectivity index (χ3n) is 3.41. The van der Waals surface area contributed by atoms with Crippen LogP contribution in [0.4, 0.5) is 17.2 Å². The average Bonchev–Trinajstić information content (AvgIpc) is 2.48. The molecule has 0 saturated heterocycles. The van der Waals surface area contributed by atoms with E-state index >= 15 is 0 Å². The molecule has 0 radical (unpaired) electrons. The number of para-hydroxylation sites is 2. The Morgan fingerprint density at radius 3 is 2.55 bits per heavy atom. The minimum absolute atomic E-state index is 0.267. The number of fused-ring (bicyclic) bond motifs is 1. The van der Waals surface area contributed by atoms with E-state index in [1.54, 1.807) is 12.4 Å². The molecule has 1 aliphatic heterocycles. The summed E-state index contributed by atoms with van der Waals surface area (Å²) in [4.78, 5) is 13.3. The van der Waals surface area contributed by atoms with E-state index in [-0.39, 0.29) is 4.99 Å². The summed E-state index contributed by atoms with van der Waals surface area (Å²) in [5, 5.41) is 0. The summed E-state index contributed by atoms with van der Waals surface area (Å²) in [7, 11) is 2.10. The molecule has 0 aliphatic carbocycles. The van der Waals surface area contributed by atoms with Crippen LogP contribution < -0.4 is 15.5 Å². The van der Waals surface area contributed by atoms with Crippen molar-refractivity contribution in [2.75, 3.05) is 29.9 Å². The van der Waals surface area contributed by atoms with Gasteiger partial charge < -0.3 is 15.5 Å². The minimum atomic E-state index is 0.267. The van der Waals surface area contributed by atoms with E-state index in [1.807, 2.05) is 12.1 Å². The summed E-state index contributed by atoms with van der Waals surface area (Å²) in [5.74, 6) is 0.811. The fourth-order valence-electron chi connectivity index (χ4n) is 2.33. The van der Waals surface area contributed by atoms with Gasteiger partial charge in [0.05, 0.1) is 23.8 Å². The fraction of sp³-hybridized carbons (Fsp3) is 0.214. The van der Waals surface area contributed by atoms with Crippen LogP contribution in [0.3, 0.4) is 0 Å². The number of nitrogens with zero attached hydrogens (tertiary/aromatic N) is 4. The lowest BCUT2D eigenvalue weighted by Crippen LogP contribution is -2.36. The highest BCUT2D eigenvalue weighted by molar-refractivity contribution is 7.80. The lowest BCUT2D eigenvalue weighted by molar-refractivity contribution is 0.811. The maximum absolute atomic E-state index is 5.55. The van der Waals surface area contributed by atoms with Crippen LogP contribution in [0.2, 0.25) is 0 Å². The third-order valence-corrected chi connectivity index (χ3v) is 3.62. The van der Waals surface area contributed by atoms with Gasteiger partial charge in [-0.25, -0.2) is 9.97 Å². The molecule has 0 saturated carbocycles. The van der Waals surface area contributed by atoms with Gasteiger partial charge in [0.15, 0.2) is 5.82 Å². The Balaban J connectivity index is 1.99. The molecule has 2 N–H and O–H groups in total. The topological polar surface area (TPSA) is 58.3 Å². The van der Waals surface area contributed by atoms with Crippen molar-refractivity contribution in [3.8, 4) is 0 Å². The van der Waals surface area contributed by atoms with Crippen molar-refractivity contribution in [1.29, 1.82) is 0 Å². The Morgan fingerprint density at radius 1 is 1.15 bits per heavy atom. The quantitative estimate of drug-likeness (QED) is 0.848. The number of rotatable bonds is 2. The summed E-state index contributed by atoms with van der Waals surface area (Å²) >= 11 is 4.90. The number of likely N-dealkylation sites (N-methyl/N-ethyl adjacent to an activating group) is 1. The standard InChI is InChI=1S/C14H15N5S/c1-18-6-7-19(12-5-3-2-4-11(12)18)13-9-16-10(8-17-13)14(15)20/h2-5,8-9H,6-7H2,1H3,(H2,15,20). The van der Waals surface area contributed by atoms with Crippen LogP contribution in [0.25, 0.3) is 0 Å². The van der Waals surface area contributed by atoms with Gasteiger partial charge in [-0.15, -0.1) is 0 Å². The van der Waals surface area contributed by atoms with Gasteiger partial charge >= 0.3 is 0 Å². The fourth-order valence-corrected chi connectivity index (χ4v) is 2.44. The van der Waals surface area contributed by atoms with Gasteiger partial charge in [-0.1, -0.05) is 24.4 Å². The van der Waals surface area contributed by atoms with Gasteiger partial charge in [-0.05, 0) is 12.1 Å². The Morgan fingerprint density at radius 2 is 1.90 bits per heavy atom. The molecular weight excluding hydrogens is 270 g/mol. The Kier molecular flexibility index (Phi) is 3.23. The SMILES string of the molecule is CN1CCN(c2cnc(C(N)=S)cn2)c2ccccc21. The lowest BCUT2D eigenvalue weighted by atomic mass is 10.2. The molecule has 1 aromatic heterocycles. The molecule has 1 aliphatic rings. The predicted octanol–water partition coefficient (Wildman–Crippen LogP) is 1.70. The Bertz CT molecular complexity index is 640. The molecule has 2 aromatic rings. The second kappa shape index (κ2) is 5.05. The first-order chi connectivity index (χ1) is 9.66. The molecule has 102 valence electrons. The summed E-state index contributed by atoms with van der Waals surface area (Å²) in [6.45, 7) is 1.81. The van der Waals surface area contributed by atoms with E-state index in [0.717, 1.165) is 24.6 Å². The minimum Gasteiger partial charge on any atom is -0.388 e. The highest BCUT2D eigenvalue weighted by atomic mass is 32.1. The predicted molar refractivity (Wildman–Crippen MR) is 84.6 cm³/mol. The van der Waals surface area contributed by atoms with Crippen molar-refractivity contribution in [3.05, 3.63) is 42.4 Å². The van der Waals surface area contributed by atoms with Crippen LogP contribution in [-0.2, 0) is 0 Å². The van der Waals surface area contributed by atoms with Crippen LogP contribution in [-0.4, -0.2) is 35.1 Å². The first-order valence-electron chi connectivity index (χ1n) is 6.36. The molecule has 0 atom stereocenters. The van der Waals surface area contributed by atoms with Crippen molar-refractivity contribution in [2.45, 2.75) is 0 Å². The molecule has 3 rings (SSSR count). The van der Waals surface area contributed by atoms with E-state index in [2.05, 4.69) is 38.9 Å². The number of aromatic nitrogens is 2. The normalized spacial score (nSPS) is 14.1. The zero-order valence-corrected chi connectivity index (χ0v) is 12.0. The van der Waals surface area contributed by atoms with E-state index in [1.165, 1.54) is 5.69 Å². The second-order valence-electron chi connectivity index (χ2n) is 4.69. The number of thiocarbonyl (C=S) groups is 1. The summed E-state index contributed by atoms with van der Waals surface area (Å²) in [6.07, 6.45) is 3.34. The molecular formula is C14H15N5S. The number of nitrogens with two attached hydrogens (primary N) is 1. The Hall–Kier alpha value is -2.21. The van der Waals surface area contributed by atoms with Crippen LogP contribution in [0.15, 0.2) is 36.7 Å². The van der Waals surface area contributed by atoms with E-state index in [0.29, 0.717) is 5.69 Å². The molecule has 1 aromatic carbocycles. The highest BCUT2D eigenvalue weighted by Crippen LogP contribution is 2.35. The molecule has 0 fully saturated rings. The molecule has 0 amide bonds. The van der Waals surface area contributed by atoms with E-state index in [9.17, 15) is 0 Å². The molecule has 20 heavy (non-hydrogen) atoms. The number of hydrogen-bond donors (Lipinski definition) is 1. The van der Waals surface area contributed by atoms with Gasteiger partial charge in [-0.2, -0.15) is 0 Å². The molecule has 0 bridgehead atoms. The van der Waals surface area contributed by atoms with Gasteiger partial charge in [0.2, 0.25) is 0 Å². The lowest BCUT2D eigenvalue weighted by Gasteiger charge is -2.36. The third kappa shape index (κ3) is 2.18. The maximum atomic E-state index is 5.55. The van der Waals surface area contributed by atoms with Gasteiger partial charge in [0.25, 0.3) is 0 Å². The second-order valence-corrected chi connectivity index (χ2v) is 5.13. The number of anilines is 3. The molecule has 6 heteroatoms. The van der Waals surface area contributed by atoms with Crippen molar-refractivity contribution in [1.82, 2.24) is 9.97 Å². The summed E-state index contributed by atoms with van der Waals surface area (Å²) < 4.78 is 0. The zero-order valence-electron chi connectivity index (χ0n) is 11.2. The van der Waals surface area contributed by atoms with Crippen LogP contribution in [0.1, 0.15) is 5.69 Å². The summed E-state index contributed by atoms with van der Waals surface area (Å²) in [5.41, 5.74) is 8.42. The first kappa shape index (κ1) is 12.8. The van der Waals surface area contributed by atoms with Gasteiger partial charge in [0.1, 0.15) is 10.7 Å². The van der Waals surface area contributed by atoms with Gasteiger partial charge in [0, 0.05) is 20.1 Å². The molecule has 5 nitrogen and oxygen atoms in total. The van der Waals surface area contributed by atoms with Gasteiger partial charge in [-0.3, -0.25) is 0 Å². The van der Waals surface area contributed by atoms with E-state index in [4.69, 9.17) is 18.0 Å². The average molecular weight is 285 g/mol. The van der Waals surface area contributed by atoms with E-state index < -0.39 is 0 Å². The highest BCUT2D eigenvalue weighted by Gasteiger charge is 2.21. The monoisotopic (exact) mass is 285 g/mol. The largest absolute Gasteiger partial charge is 0.388 e. The Labute approximate surface area is 123 Å². The first-order valence-corrected chi connectivity index (χ1v) is 6.77. The van der Waals surface area contributed by atoms with Crippen LogP contribution in [0, 0.1) is 0 Å². The summed E-state index contributed by atoms with van der Waals surface area (Å²) in [6, 6.07) is 8.27. The van der Waals surface area contributed by atoms with Crippen LogP contribution >= 0.6 is 12.2 Å².